The van der Waals surface area contributed by atoms with E-state index in [1.807, 2.05) is 66.9 Å². The first-order valence-corrected chi connectivity index (χ1v) is 11.4. The Bertz CT molecular complexity index is 1360. The number of ether oxygens (including phenoxy) is 3. The fourth-order valence-electron chi connectivity index (χ4n) is 4.60. The lowest BCUT2D eigenvalue weighted by molar-refractivity contribution is 0.174. The molecule has 0 radical (unpaired) electrons. The minimum atomic E-state index is -0.163. The number of anilines is 1. The van der Waals surface area contributed by atoms with Crippen LogP contribution in [0.4, 0.5) is 5.69 Å². The Hall–Kier alpha value is -4.04. The molecular weight excluding hydrogens is 448 g/mol. The third-order valence-electron chi connectivity index (χ3n) is 6.15. The van der Waals surface area contributed by atoms with Gasteiger partial charge in [-0.25, -0.2) is 0 Å². The summed E-state index contributed by atoms with van der Waals surface area (Å²) >= 11 is 5.86. The van der Waals surface area contributed by atoms with E-state index in [4.69, 9.17) is 26.4 Å². The van der Waals surface area contributed by atoms with Gasteiger partial charge in [0.2, 0.25) is 6.79 Å². The lowest BCUT2D eigenvalue weighted by atomic mass is 10.0. The maximum absolute atomic E-state index is 5.86. The summed E-state index contributed by atoms with van der Waals surface area (Å²) in [4.78, 5) is 6.78. The van der Waals surface area contributed by atoms with Gasteiger partial charge in [-0.1, -0.05) is 12.1 Å². The van der Waals surface area contributed by atoms with Gasteiger partial charge in [-0.05, 0) is 60.7 Å². The van der Waals surface area contributed by atoms with Crippen molar-refractivity contribution in [2.45, 2.75) is 12.1 Å². The predicted octanol–water partition coefficient (Wildman–Crippen LogP) is 4.79. The van der Waals surface area contributed by atoms with Crippen molar-refractivity contribution in [3.05, 3.63) is 96.6 Å². The maximum Gasteiger partial charge on any atom is 0.231 e. The van der Waals surface area contributed by atoms with E-state index in [-0.39, 0.29) is 18.9 Å². The fourth-order valence-corrected chi connectivity index (χ4v) is 4.95. The Balaban J connectivity index is 1.50. The zero-order valence-electron chi connectivity index (χ0n) is 18.4. The summed E-state index contributed by atoms with van der Waals surface area (Å²) in [6.07, 6.45) is 3.86. The van der Waals surface area contributed by atoms with Crippen molar-refractivity contribution >= 4 is 23.0 Å². The van der Waals surface area contributed by atoms with Crippen LogP contribution in [0.5, 0.6) is 17.2 Å². The zero-order chi connectivity index (χ0) is 23.1. The van der Waals surface area contributed by atoms with E-state index in [0.29, 0.717) is 10.9 Å². The molecule has 0 amide bonds. The molecule has 7 nitrogen and oxygen atoms in total. The molecule has 1 fully saturated rings. The summed E-state index contributed by atoms with van der Waals surface area (Å²) in [5, 5.41) is 4.13. The van der Waals surface area contributed by atoms with Gasteiger partial charge in [-0.2, -0.15) is 0 Å². The molecule has 4 heterocycles. The summed E-state index contributed by atoms with van der Waals surface area (Å²) < 4.78 is 18.8. The van der Waals surface area contributed by atoms with Crippen LogP contribution in [-0.4, -0.2) is 28.6 Å². The number of nitrogens with zero attached hydrogens (tertiary/aromatic N) is 3. The summed E-state index contributed by atoms with van der Waals surface area (Å²) in [6, 6.07) is 23.7. The van der Waals surface area contributed by atoms with E-state index in [0.717, 1.165) is 34.3 Å². The molecule has 2 unspecified atom stereocenters. The van der Waals surface area contributed by atoms with Crippen LogP contribution in [-0.2, 0) is 0 Å². The van der Waals surface area contributed by atoms with Crippen LogP contribution >= 0.6 is 12.2 Å². The van der Waals surface area contributed by atoms with Crippen molar-refractivity contribution in [1.29, 1.82) is 0 Å². The number of aromatic nitrogens is 2. The number of hydrogen-bond donors (Lipinski definition) is 1. The smallest absolute Gasteiger partial charge is 0.231 e. The van der Waals surface area contributed by atoms with Crippen molar-refractivity contribution in [1.82, 2.24) is 14.9 Å². The summed E-state index contributed by atoms with van der Waals surface area (Å²) in [5.74, 6) is 2.24. The van der Waals surface area contributed by atoms with Crippen molar-refractivity contribution < 1.29 is 14.2 Å². The number of fused-ring (bicyclic) bond motifs is 1. The van der Waals surface area contributed by atoms with Gasteiger partial charge in [0.15, 0.2) is 16.6 Å². The van der Waals surface area contributed by atoms with Crippen molar-refractivity contribution in [3.63, 3.8) is 0 Å². The topological polar surface area (TPSA) is 60.8 Å². The summed E-state index contributed by atoms with van der Waals surface area (Å²) in [7, 11) is 1.67. The minimum Gasteiger partial charge on any atom is -0.497 e. The van der Waals surface area contributed by atoms with Crippen LogP contribution in [0.1, 0.15) is 23.5 Å². The highest BCUT2D eigenvalue weighted by Crippen LogP contribution is 2.45. The molecule has 4 aromatic rings. The van der Waals surface area contributed by atoms with Crippen LogP contribution < -0.4 is 24.4 Å². The van der Waals surface area contributed by atoms with Crippen molar-refractivity contribution in [2.24, 2.45) is 0 Å². The number of benzene rings is 2. The Morgan fingerprint density at radius 1 is 0.971 bits per heavy atom. The molecule has 8 heteroatoms. The van der Waals surface area contributed by atoms with E-state index in [2.05, 4.69) is 38.1 Å². The highest BCUT2D eigenvalue weighted by atomic mass is 32.1. The number of rotatable bonds is 5. The van der Waals surface area contributed by atoms with Gasteiger partial charge >= 0.3 is 0 Å². The second-order valence-corrected chi connectivity index (χ2v) is 8.43. The minimum absolute atomic E-state index is 0.154. The van der Waals surface area contributed by atoms with Crippen LogP contribution in [0.15, 0.2) is 85.2 Å². The molecule has 0 spiro atoms. The van der Waals surface area contributed by atoms with Crippen LogP contribution in [0.2, 0.25) is 0 Å². The van der Waals surface area contributed by atoms with Gasteiger partial charge in [0, 0.05) is 41.6 Å². The molecule has 2 aliphatic heterocycles. The molecule has 2 aromatic heterocycles. The molecule has 0 saturated carbocycles. The van der Waals surface area contributed by atoms with Crippen LogP contribution in [0.3, 0.4) is 0 Å². The number of methoxy groups -OCH3 is 1. The van der Waals surface area contributed by atoms with Crippen molar-refractivity contribution in [2.75, 3.05) is 18.8 Å². The lowest BCUT2D eigenvalue weighted by Crippen LogP contribution is -2.30. The summed E-state index contributed by atoms with van der Waals surface area (Å²) in [5.41, 5.74) is 3.90. The van der Waals surface area contributed by atoms with Gasteiger partial charge in [-0.15, -0.1) is 0 Å². The second kappa shape index (κ2) is 8.39. The Kier molecular flexibility index (Phi) is 5.07. The average molecular weight is 471 g/mol. The lowest BCUT2D eigenvalue weighted by Gasteiger charge is -2.29. The molecule has 0 bridgehead atoms. The zero-order valence-corrected chi connectivity index (χ0v) is 19.2. The normalized spacial score (nSPS) is 18.7. The first-order chi connectivity index (χ1) is 16.7. The fraction of sp³-hybridized carbons (Fsp3) is 0.154. The predicted molar refractivity (Wildman–Crippen MR) is 133 cm³/mol. The molecule has 170 valence electrons. The molecule has 2 atom stereocenters. The van der Waals surface area contributed by atoms with Gasteiger partial charge in [0.25, 0.3) is 0 Å². The molecular formula is C26H22N4O3S. The first-order valence-electron chi connectivity index (χ1n) is 10.9. The van der Waals surface area contributed by atoms with Crippen LogP contribution in [0.25, 0.3) is 5.69 Å². The van der Waals surface area contributed by atoms with E-state index in [1.165, 1.54) is 0 Å². The van der Waals surface area contributed by atoms with Gasteiger partial charge in [0.05, 0.1) is 18.8 Å². The third kappa shape index (κ3) is 3.43. The second-order valence-electron chi connectivity index (χ2n) is 8.04. The van der Waals surface area contributed by atoms with Gasteiger partial charge < -0.3 is 29.0 Å². The Morgan fingerprint density at radius 3 is 2.74 bits per heavy atom. The third-order valence-corrected chi connectivity index (χ3v) is 6.46. The molecule has 34 heavy (non-hydrogen) atoms. The largest absolute Gasteiger partial charge is 0.497 e. The van der Waals surface area contributed by atoms with Crippen LogP contribution in [0, 0.1) is 0 Å². The summed E-state index contributed by atoms with van der Waals surface area (Å²) in [6.45, 7) is 0.222. The Morgan fingerprint density at radius 2 is 1.88 bits per heavy atom. The molecule has 2 aliphatic rings. The quantitative estimate of drug-likeness (QED) is 0.421. The molecule has 0 aliphatic carbocycles. The number of thiocarbonyl (C=S) groups is 1. The average Bonchev–Trinajstić information content (AvgIpc) is 3.62. The highest BCUT2D eigenvalue weighted by molar-refractivity contribution is 7.80. The van der Waals surface area contributed by atoms with Gasteiger partial charge in [-0.3, -0.25) is 4.98 Å². The van der Waals surface area contributed by atoms with E-state index in [1.54, 1.807) is 7.11 Å². The monoisotopic (exact) mass is 470 g/mol. The highest BCUT2D eigenvalue weighted by Gasteiger charge is 2.42. The standard InChI is InChI=1S/C26H22N4O3S/c1-31-19-7-4-6-17(14-19)29-13-5-9-21(29)25-24(20-8-2-3-12-27-20)28-26(34)30(25)18-10-11-22-23(15-18)33-16-32-22/h2-15,24-25H,16H2,1H3,(H,28,34). The molecule has 2 aromatic carbocycles. The molecule has 1 N–H and O–H groups in total. The number of hydrogen-bond acceptors (Lipinski definition) is 5. The SMILES string of the molecule is COc1cccc(-n2cccc2C2C(c3ccccn3)NC(=S)N2c2ccc3c(c2)OCO3)c1. The van der Waals surface area contributed by atoms with E-state index < -0.39 is 0 Å². The van der Waals surface area contributed by atoms with Crippen molar-refractivity contribution in [3.8, 4) is 22.9 Å². The number of nitrogens with one attached hydrogen (secondary N) is 1. The molecule has 6 rings (SSSR count). The molecule has 1 saturated heterocycles. The van der Waals surface area contributed by atoms with Gasteiger partial charge in [0.1, 0.15) is 11.8 Å². The Labute approximate surface area is 202 Å². The van der Waals surface area contributed by atoms with E-state index >= 15 is 0 Å². The van der Waals surface area contributed by atoms with E-state index in [9.17, 15) is 0 Å². The maximum atomic E-state index is 5.86. The number of pyridine rings is 1. The first kappa shape index (κ1) is 20.6.